The van der Waals surface area contributed by atoms with Crippen LogP contribution >= 0.6 is 11.6 Å². The number of rotatable bonds is 8. The molecule has 2 N–H and O–H groups in total. The monoisotopic (exact) mass is 483 g/mol. The van der Waals surface area contributed by atoms with Crippen LogP contribution in [0.2, 0.25) is 5.02 Å². The van der Waals surface area contributed by atoms with Crippen molar-refractivity contribution in [1.82, 2.24) is 13.5 Å². The first-order valence-corrected chi connectivity index (χ1v) is 12.4. The summed E-state index contributed by atoms with van der Waals surface area (Å²) in [6.07, 6.45) is 4.81. The van der Waals surface area contributed by atoms with Gasteiger partial charge in [-0.05, 0) is 43.9 Å². The van der Waals surface area contributed by atoms with Gasteiger partial charge in [0.05, 0.1) is 6.10 Å². The Morgan fingerprint density at radius 2 is 1.88 bits per heavy atom. The van der Waals surface area contributed by atoms with Crippen LogP contribution in [0.3, 0.4) is 0 Å². The Kier molecular flexibility index (Phi) is 8.16. The quantitative estimate of drug-likeness (QED) is 0.336. The molecular formula is C21H30ClN5O4S. The SMILES string of the molecule is CN(C)S(=O)(=O)N1CCN(/C(C=N)=C(\OC2CCCC2)C(=O)Nc2cccc(Cl)c2)CC1. The van der Waals surface area contributed by atoms with E-state index in [4.69, 9.17) is 21.7 Å². The van der Waals surface area contributed by atoms with E-state index in [2.05, 4.69) is 5.32 Å². The molecule has 1 saturated heterocycles. The molecule has 0 radical (unpaired) electrons. The number of amides is 1. The summed E-state index contributed by atoms with van der Waals surface area (Å²) in [5.41, 5.74) is 0.875. The minimum absolute atomic E-state index is 0.0794. The number of hydrogen-bond donors (Lipinski definition) is 2. The smallest absolute Gasteiger partial charge is 0.293 e. The minimum Gasteiger partial charge on any atom is -0.483 e. The van der Waals surface area contributed by atoms with E-state index in [0.717, 1.165) is 31.9 Å². The van der Waals surface area contributed by atoms with Gasteiger partial charge in [-0.3, -0.25) is 4.79 Å². The molecule has 1 aromatic rings. The van der Waals surface area contributed by atoms with Gasteiger partial charge in [-0.25, -0.2) is 0 Å². The standard InChI is InChI=1S/C21H30ClN5O4S/c1-25(2)32(29,30)27-12-10-26(11-13-27)19(15-23)20(31-18-8-3-4-9-18)21(28)24-17-7-5-6-16(22)14-17/h5-7,14-15,18,23H,3-4,8-13H2,1-2H3,(H,24,28)/b20-19-,23-15?. The Hall–Kier alpha value is -2.14. The molecule has 0 aromatic heterocycles. The van der Waals surface area contributed by atoms with Crippen molar-refractivity contribution in [2.45, 2.75) is 31.8 Å². The lowest BCUT2D eigenvalue weighted by Gasteiger charge is -2.37. The molecule has 0 unspecified atom stereocenters. The van der Waals surface area contributed by atoms with Gasteiger partial charge in [0.1, 0.15) is 5.70 Å². The van der Waals surface area contributed by atoms with E-state index in [0.29, 0.717) is 29.5 Å². The number of piperazine rings is 1. The van der Waals surface area contributed by atoms with Crippen molar-refractivity contribution in [3.63, 3.8) is 0 Å². The lowest BCUT2D eigenvalue weighted by atomic mass is 10.2. The number of ether oxygens (including phenoxy) is 1. The maximum Gasteiger partial charge on any atom is 0.293 e. The number of benzene rings is 1. The number of nitrogens with one attached hydrogen (secondary N) is 2. The van der Waals surface area contributed by atoms with Crippen LogP contribution in [0.5, 0.6) is 0 Å². The zero-order chi connectivity index (χ0) is 23.3. The van der Waals surface area contributed by atoms with Crippen LogP contribution in [0.15, 0.2) is 35.7 Å². The van der Waals surface area contributed by atoms with Crippen molar-refractivity contribution in [2.75, 3.05) is 45.6 Å². The average Bonchev–Trinajstić information content (AvgIpc) is 3.27. The van der Waals surface area contributed by atoms with E-state index < -0.39 is 16.1 Å². The van der Waals surface area contributed by atoms with Crippen LogP contribution in [-0.2, 0) is 19.7 Å². The van der Waals surface area contributed by atoms with Crippen LogP contribution in [0.25, 0.3) is 0 Å². The van der Waals surface area contributed by atoms with Gasteiger partial charge in [0, 0.05) is 57.2 Å². The zero-order valence-corrected chi connectivity index (χ0v) is 20.0. The Morgan fingerprint density at radius 1 is 1.22 bits per heavy atom. The fraction of sp³-hybridized carbons (Fsp3) is 0.524. The number of anilines is 1. The lowest BCUT2D eigenvalue weighted by Crippen LogP contribution is -2.51. The minimum atomic E-state index is -3.51. The van der Waals surface area contributed by atoms with Crippen molar-refractivity contribution in [1.29, 1.82) is 5.41 Å². The summed E-state index contributed by atoms with van der Waals surface area (Å²) in [5, 5.41) is 11.3. The molecule has 0 atom stereocenters. The van der Waals surface area contributed by atoms with Crippen molar-refractivity contribution < 1.29 is 17.9 Å². The first-order chi connectivity index (χ1) is 15.2. The third-order valence-electron chi connectivity index (χ3n) is 5.61. The van der Waals surface area contributed by atoms with Gasteiger partial charge in [0.15, 0.2) is 0 Å². The summed E-state index contributed by atoms with van der Waals surface area (Å²) in [4.78, 5) is 15.0. The highest BCUT2D eigenvalue weighted by Gasteiger charge is 2.32. The number of carbonyl (C=O) groups excluding carboxylic acids is 1. The molecule has 3 rings (SSSR count). The first kappa shape index (κ1) is 24.5. The molecule has 1 aromatic carbocycles. The maximum atomic E-state index is 13.2. The molecular weight excluding hydrogens is 454 g/mol. The average molecular weight is 484 g/mol. The Balaban J connectivity index is 1.84. The van der Waals surface area contributed by atoms with Crippen molar-refractivity contribution in [3.8, 4) is 0 Å². The number of hydrogen-bond acceptors (Lipinski definition) is 6. The van der Waals surface area contributed by atoms with Crippen molar-refractivity contribution in [2.24, 2.45) is 0 Å². The fourth-order valence-electron chi connectivity index (χ4n) is 3.85. The van der Waals surface area contributed by atoms with E-state index in [1.807, 2.05) is 4.90 Å². The summed E-state index contributed by atoms with van der Waals surface area (Å²) < 4.78 is 33.5. The number of allylic oxidation sites excluding steroid dienone is 1. The molecule has 1 aliphatic carbocycles. The molecule has 0 spiro atoms. The van der Waals surface area contributed by atoms with Gasteiger partial charge in [0.2, 0.25) is 5.76 Å². The molecule has 1 heterocycles. The van der Waals surface area contributed by atoms with Crippen molar-refractivity contribution in [3.05, 3.63) is 40.7 Å². The third-order valence-corrected chi connectivity index (χ3v) is 7.79. The van der Waals surface area contributed by atoms with Crippen LogP contribution in [0, 0.1) is 5.41 Å². The van der Waals surface area contributed by atoms with Gasteiger partial charge in [-0.2, -0.15) is 17.0 Å². The van der Waals surface area contributed by atoms with E-state index >= 15 is 0 Å². The van der Waals surface area contributed by atoms with E-state index in [9.17, 15) is 13.2 Å². The van der Waals surface area contributed by atoms with Gasteiger partial charge in [-0.1, -0.05) is 17.7 Å². The van der Waals surface area contributed by atoms with E-state index in [1.165, 1.54) is 22.7 Å². The predicted octanol–water partition coefficient (Wildman–Crippen LogP) is 2.52. The molecule has 2 aliphatic rings. The lowest BCUT2D eigenvalue weighted by molar-refractivity contribution is -0.117. The van der Waals surface area contributed by atoms with Gasteiger partial charge >= 0.3 is 0 Å². The highest BCUT2D eigenvalue weighted by molar-refractivity contribution is 7.86. The summed E-state index contributed by atoms with van der Waals surface area (Å²) in [6, 6.07) is 6.82. The van der Waals surface area contributed by atoms with Crippen LogP contribution in [0.1, 0.15) is 25.7 Å². The van der Waals surface area contributed by atoms with E-state index in [1.54, 1.807) is 24.3 Å². The Morgan fingerprint density at radius 3 is 2.44 bits per heavy atom. The molecule has 11 heteroatoms. The molecule has 1 saturated carbocycles. The van der Waals surface area contributed by atoms with Crippen molar-refractivity contribution >= 4 is 39.6 Å². The first-order valence-electron chi connectivity index (χ1n) is 10.6. The third kappa shape index (κ3) is 5.80. The second-order valence-corrected chi connectivity index (χ2v) is 10.6. The van der Waals surface area contributed by atoms with Gasteiger partial charge < -0.3 is 20.4 Å². The van der Waals surface area contributed by atoms with Crippen LogP contribution in [-0.4, -0.2) is 80.4 Å². The second-order valence-electron chi connectivity index (χ2n) is 8.02. The Bertz CT molecular complexity index is 968. The highest BCUT2D eigenvalue weighted by Crippen LogP contribution is 2.26. The topological polar surface area (TPSA) is 106 Å². The molecule has 9 nitrogen and oxygen atoms in total. The van der Waals surface area contributed by atoms with Crippen LogP contribution < -0.4 is 5.32 Å². The summed E-state index contributed by atoms with van der Waals surface area (Å²) in [6.45, 7) is 1.20. The summed E-state index contributed by atoms with van der Waals surface area (Å²) in [7, 11) is -0.515. The van der Waals surface area contributed by atoms with Gasteiger partial charge in [0.25, 0.3) is 16.1 Å². The predicted molar refractivity (Wildman–Crippen MR) is 125 cm³/mol. The molecule has 2 fully saturated rings. The second kappa shape index (κ2) is 10.7. The molecule has 1 amide bonds. The van der Waals surface area contributed by atoms with Gasteiger partial charge in [-0.15, -0.1) is 0 Å². The van der Waals surface area contributed by atoms with Crippen LogP contribution in [0.4, 0.5) is 5.69 Å². The molecule has 176 valence electrons. The summed E-state index contributed by atoms with van der Waals surface area (Å²) >= 11 is 6.03. The maximum absolute atomic E-state index is 13.2. The fourth-order valence-corrected chi connectivity index (χ4v) is 5.13. The van der Waals surface area contributed by atoms with E-state index in [-0.39, 0.29) is 25.0 Å². The summed E-state index contributed by atoms with van der Waals surface area (Å²) in [5.74, 6) is -0.378. The molecule has 0 bridgehead atoms. The number of carbonyl (C=O) groups is 1. The largest absolute Gasteiger partial charge is 0.483 e. The highest BCUT2D eigenvalue weighted by atomic mass is 35.5. The number of halogens is 1. The molecule has 1 aliphatic heterocycles. The normalized spacial score (nSPS) is 19.1. The molecule has 32 heavy (non-hydrogen) atoms. The number of nitrogens with zero attached hydrogens (tertiary/aromatic N) is 3. The Labute approximate surface area is 194 Å². The zero-order valence-electron chi connectivity index (χ0n) is 18.4.